The SMILES string of the molecule is CC1=C(CO[Si](C)(C)C(C)(C)C)C(=O)OC(C(C)C2CCC3C4CC5OC56C(=O)C=CC(=O)C6(C)C4CCC23C)C1. The van der Waals surface area contributed by atoms with Crippen molar-refractivity contribution in [3.8, 4) is 0 Å². The Bertz CT molecular complexity index is 1240. The van der Waals surface area contributed by atoms with Crippen LogP contribution >= 0.6 is 0 Å². The summed E-state index contributed by atoms with van der Waals surface area (Å²) >= 11 is 0. The molecule has 226 valence electrons. The molecule has 0 N–H and O–H groups in total. The number of ether oxygens (including phenoxy) is 2. The number of hydrogen-bond donors (Lipinski definition) is 0. The molecule has 4 aliphatic carbocycles. The Labute approximate surface area is 247 Å². The largest absolute Gasteiger partial charge is 0.458 e. The van der Waals surface area contributed by atoms with Gasteiger partial charge < -0.3 is 13.9 Å². The molecule has 3 saturated carbocycles. The smallest absolute Gasteiger partial charge is 0.336 e. The second-order valence-corrected chi connectivity index (χ2v) is 21.1. The highest BCUT2D eigenvalue weighted by atomic mass is 28.4. The van der Waals surface area contributed by atoms with Crippen molar-refractivity contribution in [3.05, 3.63) is 23.3 Å². The average molecular weight is 583 g/mol. The Balaban J connectivity index is 1.18. The molecule has 2 heterocycles. The van der Waals surface area contributed by atoms with Crippen LogP contribution in [0.15, 0.2) is 23.3 Å². The molecular formula is C34H50O6Si. The molecule has 2 aliphatic heterocycles. The molecule has 0 radical (unpaired) electrons. The van der Waals surface area contributed by atoms with Crippen LogP contribution in [0.3, 0.4) is 0 Å². The van der Waals surface area contributed by atoms with Crippen LogP contribution in [0, 0.1) is 40.4 Å². The van der Waals surface area contributed by atoms with Gasteiger partial charge in [-0.15, -0.1) is 0 Å². The van der Waals surface area contributed by atoms with Gasteiger partial charge >= 0.3 is 5.97 Å². The van der Waals surface area contributed by atoms with E-state index in [9.17, 15) is 14.4 Å². The Morgan fingerprint density at radius 2 is 1.73 bits per heavy atom. The van der Waals surface area contributed by atoms with Crippen molar-refractivity contribution in [1.82, 2.24) is 0 Å². The van der Waals surface area contributed by atoms with Gasteiger partial charge in [0.05, 0.1) is 23.7 Å². The summed E-state index contributed by atoms with van der Waals surface area (Å²) in [6.07, 6.45) is 8.59. The number of fused-ring (bicyclic) bond motifs is 4. The first-order valence-corrected chi connectivity index (χ1v) is 18.9. The van der Waals surface area contributed by atoms with Crippen LogP contribution < -0.4 is 0 Å². The second kappa shape index (κ2) is 9.22. The van der Waals surface area contributed by atoms with Crippen LogP contribution in [-0.4, -0.2) is 50.3 Å². The highest BCUT2D eigenvalue weighted by Gasteiger charge is 2.80. The van der Waals surface area contributed by atoms with E-state index in [4.69, 9.17) is 13.9 Å². The summed E-state index contributed by atoms with van der Waals surface area (Å²) in [7, 11) is -1.97. The highest BCUT2D eigenvalue weighted by molar-refractivity contribution is 6.74. The number of rotatable bonds is 5. The maximum atomic E-state index is 13.4. The van der Waals surface area contributed by atoms with E-state index in [0.717, 1.165) is 44.1 Å². The molecule has 7 heteroatoms. The summed E-state index contributed by atoms with van der Waals surface area (Å²) < 4.78 is 18.8. The van der Waals surface area contributed by atoms with E-state index in [2.05, 4.69) is 54.6 Å². The van der Waals surface area contributed by atoms with Crippen molar-refractivity contribution >= 4 is 25.9 Å². The number of carbonyl (C=O) groups is 3. The number of esters is 1. The van der Waals surface area contributed by atoms with Crippen molar-refractivity contribution < 1.29 is 28.3 Å². The first-order chi connectivity index (χ1) is 19.0. The van der Waals surface area contributed by atoms with E-state index < -0.39 is 19.3 Å². The fourth-order valence-corrected chi connectivity index (χ4v) is 10.9. The van der Waals surface area contributed by atoms with Gasteiger partial charge in [0.2, 0.25) is 0 Å². The topological polar surface area (TPSA) is 82.2 Å². The minimum absolute atomic E-state index is 0.00840. The van der Waals surface area contributed by atoms with Crippen LogP contribution in [0.1, 0.15) is 87.0 Å². The number of cyclic esters (lactones) is 1. The molecule has 6 nitrogen and oxygen atoms in total. The maximum Gasteiger partial charge on any atom is 0.336 e. The third-order valence-electron chi connectivity index (χ3n) is 13.6. The Hall–Kier alpha value is -1.57. The van der Waals surface area contributed by atoms with Gasteiger partial charge in [0.15, 0.2) is 25.5 Å². The lowest BCUT2D eigenvalue weighted by Gasteiger charge is -2.57. The Kier molecular flexibility index (Phi) is 6.63. The van der Waals surface area contributed by atoms with Crippen LogP contribution in [0.5, 0.6) is 0 Å². The zero-order valence-corrected chi connectivity index (χ0v) is 27.6. The fourth-order valence-electron chi connectivity index (χ4n) is 9.96. The van der Waals surface area contributed by atoms with E-state index in [1.54, 1.807) is 0 Å². The molecule has 0 bridgehead atoms. The van der Waals surface area contributed by atoms with Crippen molar-refractivity contribution in [2.24, 2.45) is 40.4 Å². The van der Waals surface area contributed by atoms with Crippen LogP contribution in [0.4, 0.5) is 0 Å². The number of carbonyl (C=O) groups excluding carboxylic acids is 3. The quantitative estimate of drug-likeness (QED) is 0.207. The standard InChI is InChI=1S/C34H50O6Si/c1-19-16-26(39-30(37)22(19)18-38-41(8,9)31(3,4)5)20(2)23-10-11-24-21-17-29-34(40-29)28(36)13-12-27(35)33(34,7)25(21)14-15-32(23,24)6/h12-13,20-21,23-26,29H,10-11,14-18H2,1-9H3. The zero-order chi connectivity index (χ0) is 29.9. The first-order valence-electron chi connectivity index (χ1n) is 16.0. The second-order valence-electron chi connectivity index (χ2n) is 16.3. The van der Waals surface area contributed by atoms with Gasteiger partial charge in [-0.2, -0.15) is 0 Å². The number of ketones is 2. The van der Waals surface area contributed by atoms with Crippen molar-refractivity contribution in [2.45, 2.75) is 123 Å². The molecule has 0 aromatic rings. The van der Waals surface area contributed by atoms with Crippen LogP contribution in [0.25, 0.3) is 0 Å². The van der Waals surface area contributed by atoms with E-state index in [-0.39, 0.29) is 52.0 Å². The predicted octanol–water partition coefficient (Wildman–Crippen LogP) is 6.59. The van der Waals surface area contributed by atoms with Gasteiger partial charge in [0.25, 0.3) is 0 Å². The van der Waals surface area contributed by atoms with Crippen LogP contribution in [-0.2, 0) is 28.3 Å². The third kappa shape index (κ3) is 3.96. The predicted molar refractivity (Wildman–Crippen MR) is 160 cm³/mol. The van der Waals surface area contributed by atoms with E-state index in [1.165, 1.54) is 12.2 Å². The van der Waals surface area contributed by atoms with Crippen molar-refractivity contribution in [3.63, 3.8) is 0 Å². The van der Waals surface area contributed by atoms with E-state index in [1.807, 2.05) is 6.92 Å². The molecule has 0 aromatic carbocycles. The lowest BCUT2D eigenvalue weighted by molar-refractivity contribution is -0.155. The minimum atomic E-state index is -1.97. The maximum absolute atomic E-state index is 13.4. The van der Waals surface area contributed by atoms with Crippen LogP contribution in [0.2, 0.25) is 18.1 Å². The number of allylic oxidation sites excluding steroid dienone is 1. The summed E-state index contributed by atoms with van der Waals surface area (Å²) in [5, 5.41) is 0.0872. The summed E-state index contributed by atoms with van der Waals surface area (Å²) in [6.45, 7) is 20.3. The molecule has 10 unspecified atom stereocenters. The van der Waals surface area contributed by atoms with E-state index in [0.29, 0.717) is 29.9 Å². The molecule has 6 rings (SSSR count). The third-order valence-corrected chi connectivity index (χ3v) is 18.1. The zero-order valence-electron chi connectivity index (χ0n) is 26.6. The molecular weight excluding hydrogens is 532 g/mol. The Morgan fingerprint density at radius 1 is 1.05 bits per heavy atom. The lowest BCUT2D eigenvalue weighted by atomic mass is 9.44. The molecule has 10 atom stereocenters. The molecule has 0 aromatic heterocycles. The number of hydrogen-bond acceptors (Lipinski definition) is 6. The summed E-state index contributed by atoms with van der Waals surface area (Å²) in [4.78, 5) is 39.7. The van der Waals surface area contributed by atoms with Gasteiger partial charge in [0, 0.05) is 6.42 Å². The Morgan fingerprint density at radius 3 is 2.39 bits per heavy atom. The van der Waals surface area contributed by atoms with Gasteiger partial charge in [-0.1, -0.05) is 40.2 Å². The van der Waals surface area contributed by atoms with E-state index >= 15 is 0 Å². The molecule has 6 aliphatic rings. The average Bonchev–Trinajstić information content (AvgIpc) is 3.51. The minimum Gasteiger partial charge on any atom is -0.458 e. The molecule has 4 fully saturated rings. The van der Waals surface area contributed by atoms with Gasteiger partial charge in [-0.3, -0.25) is 9.59 Å². The fraction of sp³-hybridized carbons (Fsp3) is 0.794. The molecule has 41 heavy (non-hydrogen) atoms. The normalized spacial score (nSPS) is 44.6. The lowest BCUT2D eigenvalue weighted by Crippen LogP contribution is -2.62. The van der Waals surface area contributed by atoms with Gasteiger partial charge in [0.1, 0.15) is 6.10 Å². The summed E-state index contributed by atoms with van der Waals surface area (Å²) in [5.74, 6) is 1.61. The summed E-state index contributed by atoms with van der Waals surface area (Å²) in [5.41, 5.74) is 0.278. The van der Waals surface area contributed by atoms with Gasteiger partial charge in [-0.05, 0) is 111 Å². The molecule has 1 saturated heterocycles. The van der Waals surface area contributed by atoms with Crippen molar-refractivity contribution in [1.29, 1.82) is 0 Å². The first kappa shape index (κ1) is 29.5. The monoisotopic (exact) mass is 582 g/mol. The summed E-state index contributed by atoms with van der Waals surface area (Å²) in [6, 6.07) is 0. The van der Waals surface area contributed by atoms with Crippen molar-refractivity contribution in [2.75, 3.05) is 6.61 Å². The highest BCUT2D eigenvalue weighted by Crippen LogP contribution is 2.72. The molecule has 1 spiro atoms. The van der Waals surface area contributed by atoms with Gasteiger partial charge in [-0.25, -0.2) is 4.79 Å². The number of epoxide rings is 1. The molecule has 0 amide bonds.